The highest BCUT2D eigenvalue weighted by molar-refractivity contribution is 5.84. The van der Waals surface area contributed by atoms with Gasteiger partial charge in [0, 0.05) is 53.3 Å². The normalized spacial score (nSPS) is 20.3. The molecule has 0 aliphatic heterocycles. The van der Waals surface area contributed by atoms with Gasteiger partial charge < -0.3 is 21.4 Å². The van der Waals surface area contributed by atoms with Crippen molar-refractivity contribution in [1.29, 1.82) is 0 Å². The average Bonchev–Trinajstić information content (AvgIpc) is 3.32. The van der Waals surface area contributed by atoms with Gasteiger partial charge in [-0.25, -0.2) is 9.50 Å². The summed E-state index contributed by atoms with van der Waals surface area (Å²) in [4.78, 5) is 9.86. The van der Waals surface area contributed by atoms with Crippen LogP contribution in [0.1, 0.15) is 25.7 Å². The van der Waals surface area contributed by atoms with E-state index in [0.717, 1.165) is 42.7 Å². The van der Waals surface area contributed by atoms with E-state index in [9.17, 15) is 0 Å². The number of nitrogens with zero attached hydrogens (tertiary/aromatic N) is 4. The summed E-state index contributed by atoms with van der Waals surface area (Å²) in [7, 11) is 0. The number of imidazole rings is 1. The zero-order chi connectivity index (χ0) is 18.4. The molecule has 0 atom stereocenters. The Morgan fingerprint density at radius 2 is 1.96 bits per heavy atom. The minimum Gasteiger partial charge on any atom is -0.396 e. The van der Waals surface area contributed by atoms with E-state index < -0.39 is 0 Å². The van der Waals surface area contributed by atoms with Crippen molar-refractivity contribution >= 4 is 33.7 Å². The van der Waals surface area contributed by atoms with E-state index in [-0.39, 0.29) is 0 Å². The molecular weight excluding hydrogens is 338 g/mol. The Hall–Kier alpha value is -3.06. The number of aromatic amines is 1. The van der Waals surface area contributed by atoms with Crippen LogP contribution in [0.15, 0.2) is 48.9 Å². The zero-order valence-electron chi connectivity index (χ0n) is 15.0. The van der Waals surface area contributed by atoms with E-state index in [2.05, 4.69) is 39.1 Å². The first-order valence-corrected chi connectivity index (χ1v) is 9.41. The number of aromatic nitrogens is 4. The third-order valence-electron chi connectivity index (χ3n) is 5.54. The largest absolute Gasteiger partial charge is 0.396 e. The Bertz CT molecular complexity index is 1090. The molecular formula is C20H23N7. The molecule has 1 aliphatic rings. The summed E-state index contributed by atoms with van der Waals surface area (Å²) < 4.78 is 1.75. The van der Waals surface area contributed by atoms with Crippen molar-refractivity contribution in [3.05, 3.63) is 48.9 Å². The maximum Gasteiger partial charge on any atom is 0.176 e. The maximum absolute atomic E-state index is 6.27. The molecule has 1 saturated carbocycles. The van der Waals surface area contributed by atoms with Crippen molar-refractivity contribution in [3.8, 4) is 0 Å². The number of hydrogen-bond donors (Lipinski definition) is 3. The monoisotopic (exact) mass is 361 g/mol. The van der Waals surface area contributed by atoms with Crippen LogP contribution in [0.2, 0.25) is 0 Å². The van der Waals surface area contributed by atoms with Crippen molar-refractivity contribution < 1.29 is 0 Å². The number of fused-ring (bicyclic) bond motifs is 2. The molecule has 0 unspecified atom stereocenters. The van der Waals surface area contributed by atoms with Gasteiger partial charge in [0.25, 0.3) is 0 Å². The number of nitrogens with two attached hydrogens (primary N) is 2. The van der Waals surface area contributed by atoms with Gasteiger partial charge in [0.15, 0.2) is 11.5 Å². The first kappa shape index (κ1) is 16.1. The molecule has 1 fully saturated rings. The smallest absolute Gasteiger partial charge is 0.176 e. The number of nitrogens with one attached hydrogen (secondary N) is 1. The summed E-state index contributed by atoms with van der Waals surface area (Å²) in [6.07, 6.45) is 9.64. The number of rotatable bonds is 3. The third kappa shape index (κ3) is 2.80. The molecule has 0 spiro atoms. The summed E-state index contributed by atoms with van der Waals surface area (Å²) in [6, 6.07) is 11.1. The number of benzene rings is 1. The van der Waals surface area contributed by atoms with Crippen LogP contribution in [0.25, 0.3) is 16.6 Å². The summed E-state index contributed by atoms with van der Waals surface area (Å²) in [5, 5.41) is 5.98. The van der Waals surface area contributed by atoms with Crippen molar-refractivity contribution in [2.45, 2.75) is 37.8 Å². The summed E-state index contributed by atoms with van der Waals surface area (Å²) in [5.41, 5.74) is 16.0. The van der Waals surface area contributed by atoms with Crippen LogP contribution in [0.4, 0.5) is 17.2 Å². The summed E-state index contributed by atoms with van der Waals surface area (Å²) >= 11 is 0. The van der Waals surface area contributed by atoms with Crippen molar-refractivity contribution in [3.63, 3.8) is 0 Å². The van der Waals surface area contributed by atoms with Gasteiger partial charge in [0.05, 0.1) is 5.69 Å². The van der Waals surface area contributed by atoms with Crippen LogP contribution in [0, 0.1) is 0 Å². The molecule has 138 valence electrons. The molecule has 1 aromatic carbocycles. The van der Waals surface area contributed by atoms with Crippen LogP contribution < -0.4 is 16.4 Å². The van der Waals surface area contributed by atoms with Crippen LogP contribution in [0.3, 0.4) is 0 Å². The highest BCUT2D eigenvalue weighted by Gasteiger charge is 2.27. The molecule has 0 radical (unpaired) electrons. The quantitative estimate of drug-likeness (QED) is 0.520. The van der Waals surface area contributed by atoms with Gasteiger partial charge in [-0.1, -0.05) is 0 Å². The fourth-order valence-corrected chi connectivity index (χ4v) is 4.13. The molecule has 4 aromatic rings. The van der Waals surface area contributed by atoms with Gasteiger partial charge in [-0.15, -0.1) is 5.10 Å². The fraction of sp³-hybridized carbons (Fsp3) is 0.300. The third-order valence-corrected chi connectivity index (χ3v) is 5.54. The molecule has 1 aliphatic carbocycles. The van der Waals surface area contributed by atoms with Gasteiger partial charge in [0.1, 0.15) is 0 Å². The lowest BCUT2D eigenvalue weighted by atomic mass is 9.90. The summed E-state index contributed by atoms with van der Waals surface area (Å²) in [5.74, 6) is 0.841. The molecule has 7 nitrogen and oxygen atoms in total. The van der Waals surface area contributed by atoms with Gasteiger partial charge in [0.2, 0.25) is 0 Å². The Morgan fingerprint density at radius 1 is 1.11 bits per heavy atom. The molecule has 5 N–H and O–H groups in total. The number of anilines is 3. The lowest BCUT2D eigenvalue weighted by molar-refractivity contribution is 0.389. The first-order valence-electron chi connectivity index (χ1n) is 9.41. The van der Waals surface area contributed by atoms with Gasteiger partial charge in [-0.3, -0.25) is 0 Å². The van der Waals surface area contributed by atoms with Crippen molar-refractivity contribution in [2.75, 3.05) is 10.6 Å². The molecule has 0 amide bonds. The van der Waals surface area contributed by atoms with E-state index >= 15 is 0 Å². The fourth-order valence-electron chi connectivity index (χ4n) is 4.13. The van der Waals surface area contributed by atoms with E-state index in [4.69, 9.17) is 16.6 Å². The molecule has 3 aromatic heterocycles. The Labute approximate surface area is 157 Å². The second kappa shape index (κ2) is 6.28. The highest BCUT2D eigenvalue weighted by Crippen LogP contribution is 2.35. The van der Waals surface area contributed by atoms with E-state index in [1.54, 1.807) is 10.7 Å². The molecule has 0 saturated heterocycles. The Balaban J connectivity index is 1.64. The Morgan fingerprint density at radius 3 is 2.81 bits per heavy atom. The van der Waals surface area contributed by atoms with Gasteiger partial charge in [-0.05, 0) is 49.9 Å². The molecule has 5 rings (SSSR count). The minimum atomic E-state index is 0.296. The van der Waals surface area contributed by atoms with Gasteiger partial charge in [-0.2, -0.15) is 0 Å². The van der Waals surface area contributed by atoms with E-state index in [0.29, 0.717) is 23.4 Å². The second-order valence-electron chi connectivity index (χ2n) is 7.34. The molecule has 0 bridgehead atoms. The van der Waals surface area contributed by atoms with Crippen molar-refractivity contribution in [2.24, 2.45) is 5.73 Å². The van der Waals surface area contributed by atoms with Crippen LogP contribution >= 0.6 is 0 Å². The van der Waals surface area contributed by atoms with Crippen LogP contribution in [0.5, 0.6) is 0 Å². The van der Waals surface area contributed by atoms with Gasteiger partial charge >= 0.3 is 0 Å². The minimum absolute atomic E-state index is 0.296. The average molecular weight is 361 g/mol. The highest BCUT2D eigenvalue weighted by atomic mass is 15.3. The van der Waals surface area contributed by atoms with Crippen LogP contribution in [-0.4, -0.2) is 31.7 Å². The SMILES string of the molecule is Nc1cc(N(c2ccc3[nH]ccc3c2)C2CCC(N)CC2)nn2ccnc12. The number of nitrogen functional groups attached to an aromatic ring is 1. The summed E-state index contributed by atoms with van der Waals surface area (Å²) in [6.45, 7) is 0. The zero-order valence-corrected chi connectivity index (χ0v) is 15.0. The van der Waals surface area contributed by atoms with E-state index in [1.165, 1.54) is 5.39 Å². The first-order chi connectivity index (χ1) is 13.2. The number of hydrogen-bond acceptors (Lipinski definition) is 5. The molecule has 3 heterocycles. The number of H-pyrrole nitrogens is 1. The molecule has 7 heteroatoms. The van der Waals surface area contributed by atoms with Crippen LogP contribution in [-0.2, 0) is 0 Å². The van der Waals surface area contributed by atoms with Crippen molar-refractivity contribution in [1.82, 2.24) is 19.6 Å². The molecule has 27 heavy (non-hydrogen) atoms. The maximum atomic E-state index is 6.27. The predicted molar refractivity (Wildman–Crippen MR) is 108 cm³/mol. The standard InChI is InChI=1S/C20H23N7/c21-14-1-3-15(4-2-14)27(16-5-6-18-13(11-16)7-8-23-18)19-12-17(22)20-24-9-10-26(20)25-19/h5-12,14-15,23H,1-4,21-22H2. The second-order valence-corrected chi connectivity index (χ2v) is 7.34. The topological polar surface area (TPSA) is 101 Å². The van der Waals surface area contributed by atoms with E-state index in [1.807, 2.05) is 18.5 Å². The predicted octanol–water partition coefficient (Wildman–Crippen LogP) is 3.20. The Kier molecular flexibility index (Phi) is 3.75. The lowest BCUT2D eigenvalue weighted by Gasteiger charge is -2.37. The lowest BCUT2D eigenvalue weighted by Crippen LogP contribution is -2.39.